The van der Waals surface area contributed by atoms with Crippen molar-refractivity contribution < 1.29 is 0 Å². The van der Waals surface area contributed by atoms with Crippen LogP contribution < -0.4 is 11.1 Å². The minimum absolute atomic E-state index is 0.577. The molecule has 1 aliphatic carbocycles. The van der Waals surface area contributed by atoms with Crippen molar-refractivity contribution in [3.8, 4) is 0 Å². The molecule has 1 aromatic heterocycles. The fraction of sp³-hybridized carbons (Fsp3) is 0.769. The van der Waals surface area contributed by atoms with Crippen molar-refractivity contribution in [2.75, 3.05) is 24.6 Å². The number of aromatic nitrogens is 1. The van der Waals surface area contributed by atoms with Crippen molar-refractivity contribution in [3.05, 3.63) is 5.56 Å². The van der Waals surface area contributed by atoms with Crippen molar-refractivity contribution in [1.82, 2.24) is 9.27 Å². The molecule has 0 amide bonds. The average molecular weight is 266 g/mol. The van der Waals surface area contributed by atoms with Crippen LogP contribution in [0.1, 0.15) is 44.1 Å². The standard InChI is InChI=1S/C13H22N4S/c1-8-7-10(5-6-17(8)2)15-13-11(9-3-4-9)12(14)16-18-13/h8-10,15H,3-7H2,1-2H3,(H2,14,16). The molecule has 100 valence electrons. The number of rotatable bonds is 3. The van der Waals surface area contributed by atoms with E-state index >= 15 is 0 Å². The van der Waals surface area contributed by atoms with E-state index in [-0.39, 0.29) is 0 Å². The summed E-state index contributed by atoms with van der Waals surface area (Å²) in [6, 6.07) is 1.24. The Bertz CT molecular complexity index is 427. The number of likely N-dealkylation sites (tertiary alicyclic amines) is 1. The minimum Gasteiger partial charge on any atom is -0.383 e. The van der Waals surface area contributed by atoms with Gasteiger partial charge in [0.2, 0.25) is 0 Å². The van der Waals surface area contributed by atoms with Gasteiger partial charge < -0.3 is 16.0 Å². The normalized spacial score (nSPS) is 29.4. The Morgan fingerprint density at radius 2 is 2.17 bits per heavy atom. The summed E-state index contributed by atoms with van der Waals surface area (Å²) in [5.41, 5.74) is 7.29. The molecule has 3 N–H and O–H groups in total. The van der Waals surface area contributed by atoms with Gasteiger partial charge >= 0.3 is 0 Å². The van der Waals surface area contributed by atoms with Crippen LogP contribution in [0.4, 0.5) is 10.8 Å². The lowest BCUT2D eigenvalue weighted by Crippen LogP contribution is -2.42. The number of nitrogens with two attached hydrogens (primary N) is 1. The van der Waals surface area contributed by atoms with E-state index < -0.39 is 0 Å². The highest BCUT2D eigenvalue weighted by Gasteiger charge is 2.32. The first-order valence-corrected chi connectivity index (χ1v) is 7.64. The smallest absolute Gasteiger partial charge is 0.142 e. The molecule has 0 radical (unpaired) electrons. The van der Waals surface area contributed by atoms with Crippen LogP contribution >= 0.6 is 11.5 Å². The van der Waals surface area contributed by atoms with Gasteiger partial charge in [-0.2, -0.15) is 4.37 Å². The van der Waals surface area contributed by atoms with E-state index in [0.717, 1.165) is 5.82 Å². The van der Waals surface area contributed by atoms with E-state index in [4.69, 9.17) is 5.73 Å². The molecule has 2 atom stereocenters. The zero-order valence-corrected chi connectivity index (χ0v) is 12.0. The summed E-state index contributed by atoms with van der Waals surface area (Å²) in [5.74, 6) is 1.43. The van der Waals surface area contributed by atoms with Gasteiger partial charge in [-0.25, -0.2) is 0 Å². The number of hydrogen-bond acceptors (Lipinski definition) is 5. The van der Waals surface area contributed by atoms with Gasteiger partial charge in [0.15, 0.2) is 0 Å². The third kappa shape index (κ3) is 2.34. The first-order chi connectivity index (χ1) is 8.65. The molecule has 2 fully saturated rings. The summed E-state index contributed by atoms with van der Waals surface area (Å²) < 4.78 is 4.32. The van der Waals surface area contributed by atoms with Crippen LogP contribution in [0, 0.1) is 0 Å². The first-order valence-electron chi connectivity index (χ1n) is 6.87. The van der Waals surface area contributed by atoms with E-state index in [1.807, 2.05) is 0 Å². The Balaban J connectivity index is 1.69. The molecule has 1 saturated heterocycles. The number of nitrogens with zero attached hydrogens (tertiary/aromatic N) is 2. The maximum Gasteiger partial charge on any atom is 0.142 e. The lowest BCUT2D eigenvalue weighted by molar-refractivity contribution is 0.190. The van der Waals surface area contributed by atoms with Crippen LogP contribution in [0.3, 0.4) is 0 Å². The molecule has 18 heavy (non-hydrogen) atoms. The predicted octanol–water partition coefficient (Wildman–Crippen LogP) is 2.50. The number of nitrogens with one attached hydrogen (secondary N) is 1. The number of nitrogen functional groups attached to an aromatic ring is 1. The zero-order valence-electron chi connectivity index (χ0n) is 11.1. The average Bonchev–Trinajstić information content (AvgIpc) is 3.10. The fourth-order valence-corrected chi connectivity index (χ4v) is 3.66. The van der Waals surface area contributed by atoms with Crippen LogP contribution in [0.25, 0.3) is 0 Å². The molecule has 1 saturated carbocycles. The van der Waals surface area contributed by atoms with Gasteiger partial charge in [-0.1, -0.05) is 0 Å². The van der Waals surface area contributed by atoms with E-state index in [9.17, 15) is 0 Å². The minimum atomic E-state index is 0.577. The van der Waals surface area contributed by atoms with E-state index in [2.05, 4.69) is 28.6 Å². The Morgan fingerprint density at radius 1 is 1.39 bits per heavy atom. The second kappa shape index (κ2) is 4.70. The van der Waals surface area contributed by atoms with Crippen LogP contribution in [-0.4, -0.2) is 34.9 Å². The van der Waals surface area contributed by atoms with E-state index in [1.54, 1.807) is 11.5 Å². The van der Waals surface area contributed by atoms with Crippen molar-refractivity contribution in [1.29, 1.82) is 0 Å². The molecule has 0 spiro atoms. The number of hydrogen-bond donors (Lipinski definition) is 2. The van der Waals surface area contributed by atoms with Crippen molar-refractivity contribution >= 4 is 22.4 Å². The lowest BCUT2D eigenvalue weighted by Gasteiger charge is -2.35. The third-order valence-corrected chi connectivity index (χ3v) is 5.09. The summed E-state index contributed by atoms with van der Waals surface area (Å²) in [5, 5.41) is 4.93. The summed E-state index contributed by atoms with van der Waals surface area (Å²) in [4.78, 5) is 2.43. The largest absolute Gasteiger partial charge is 0.383 e. The van der Waals surface area contributed by atoms with Gasteiger partial charge in [0.25, 0.3) is 0 Å². The molecule has 5 heteroatoms. The van der Waals surface area contributed by atoms with Gasteiger partial charge in [-0.15, -0.1) is 0 Å². The third-order valence-electron chi connectivity index (χ3n) is 4.29. The molecule has 0 aromatic carbocycles. The van der Waals surface area contributed by atoms with Gasteiger partial charge in [0.05, 0.1) is 0 Å². The molecule has 0 bridgehead atoms. The van der Waals surface area contributed by atoms with Crippen LogP contribution in [-0.2, 0) is 0 Å². The highest BCUT2D eigenvalue weighted by molar-refractivity contribution is 7.10. The van der Waals surface area contributed by atoms with Crippen molar-refractivity contribution in [2.45, 2.75) is 50.6 Å². The SMILES string of the molecule is CC1CC(Nc2snc(N)c2C2CC2)CCN1C. The Kier molecular flexibility index (Phi) is 3.20. The summed E-state index contributed by atoms with van der Waals surface area (Å²) >= 11 is 1.54. The monoisotopic (exact) mass is 266 g/mol. The first kappa shape index (κ1) is 12.2. The quantitative estimate of drug-likeness (QED) is 0.882. The summed E-state index contributed by atoms with van der Waals surface area (Å²) in [6.45, 7) is 3.47. The molecular formula is C13H22N4S. The molecule has 2 heterocycles. The molecule has 2 unspecified atom stereocenters. The molecule has 1 aromatic rings. The maximum absolute atomic E-state index is 5.99. The zero-order chi connectivity index (χ0) is 12.7. The molecule has 1 aliphatic heterocycles. The summed E-state index contributed by atoms with van der Waals surface area (Å²) in [7, 11) is 2.21. The van der Waals surface area contributed by atoms with Crippen molar-refractivity contribution in [2.24, 2.45) is 0 Å². The van der Waals surface area contributed by atoms with Crippen LogP contribution in [0.2, 0.25) is 0 Å². The lowest BCUT2D eigenvalue weighted by atomic mass is 9.99. The van der Waals surface area contributed by atoms with Gasteiger partial charge in [-0.3, -0.25) is 0 Å². The van der Waals surface area contributed by atoms with Crippen molar-refractivity contribution in [3.63, 3.8) is 0 Å². The molecule has 4 nitrogen and oxygen atoms in total. The van der Waals surface area contributed by atoms with Crippen LogP contribution in [0.15, 0.2) is 0 Å². The highest BCUT2D eigenvalue weighted by atomic mass is 32.1. The Hall–Kier alpha value is -0.810. The predicted molar refractivity (Wildman–Crippen MR) is 77.2 cm³/mol. The Labute approximate surface area is 113 Å². The number of anilines is 2. The molecular weight excluding hydrogens is 244 g/mol. The van der Waals surface area contributed by atoms with Gasteiger partial charge in [-0.05, 0) is 57.1 Å². The maximum atomic E-state index is 5.99. The topological polar surface area (TPSA) is 54.2 Å². The fourth-order valence-electron chi connectivity index (χ4n) is 2.79. The Morgan fingerprint density at radius 3 is 2.83 bits per heavy atom. The molecule has 2 aliphatic rings. The second-order valence-electron chi connectivity index (χ2n) is 5.78. The van der Waals surface area contributed by atoms with E-state index in [1.165, 1.54) is 42.8 Å². The molecule has 3 rings (SSSR count). The summed E-state index contributed by atoms with van der Waals surface area (Å²) in [6.07, 6.45) is 4.98. The second-order valence-corrected chi connectivity index (χ2v) is 6.55. The van der Waals surface area contributed by atoms with Gasteiger partial charge in [0, 0.05) is 24.2 Å². The van der Waals surface area contributed by atoms with Gasteiger partial charge in [0.1, 0.15) is 10.8 Å². The highest BCUT2D eigenvalue weighted by Crippen LogP contribution is 2.48. The van der Waals surface area contributed by atoms with Crippen LogP contribution in [0.5, 0.6) is 0 Å². The number of piperidine rings is 1. The van der Waals surface area contributed by atoms with E-state index in [0.29, 0.717) is 18.0 Å².